The monoisotopic (exact) mass is 436 g/mol. The number of aromatic carboxylic acids is 2. The Bertz CT molecular complexity index is 1120. The van der Waals surface area contributed by atoms with Gasteiger partial charge in [0.05, 0.1) is 0 Å². The number of phenolic OH excluding ortho intramolecular Hbond substituents is 2. The zero-order valence-corrected chi connectivity index (χ0v) is 15.6. The van der Waals surface area contributed by atoms with Gasteiger partial charge in [0.2, 0.25) is 0 Å². The third kappa shape index (κ3) is 4.77. The van der Waals surface area contributed by atoms with Crippen molar-refractivity contribution in [2.24, 2.45) is 0 Å². The molecule has 0 spiro atoms. The second-order valence-corrected chi connectivity index (χ2v) is 5.70. The summed E-state index contributed by atoms with van der Waals surface area (Å²) in [4.78, 5) is 28.9. The van der Waals surface area contributed by atoms with Gasteiger partial charge in [0.1, 0.15) is 33.9 Å². The Morgan fingerprint density at radius 2 is 1.00 bits per heavy atom. The van der Waals surface area contributed by atoms with E-state index in [9.17, 15) is 19.8 Å². The number of aromatic nitrogens is 2. The molecule has 0 saturated heterocycles. The Labute approximate surface area is 174 Å². The zero-order chi connectivity index (χ0) is 20.3. The average molecular weight is 437 g/mol. The van der Waals surface area contributed by atoms with Gasteiger partial charge >= 0.3 is 11.9 Å². The molecule has 2 aromatic carbocycles. The van der Waals surface area contributed by atoms with Crippen LogP contribution in [0.1, 0.15) is 21.0 Å². The van der Waals surface area contributed by atoms with Crippen molar-refractivity contribution < 1.29 is 46.5 Å². The van der Waals surface area contributed by atoms with Crippen molar-refractivity contribution in [3.8, 4) is 11.5 Å². The molecule has 4 rings (SSSR count). The maximum absolute atomic E-state index is 10.6. The number of pyridine rings is 2. The molecule has 0 aliphatic heterocycles. The summed E-state index contributed by atoms with van der Waals surface area (Å²) in [5, 5.41) is 37.7. The number of hydrogen-bond donors (Lipinski definition) is 4. The van der Waals surface area contributed by atoms with Crippen LogP contribution in [0.3, 0.4) is 0 Å². The van der Waals surface area contributed by atoms with Crippen molar-refractivity contribution in [1.82, 2.24) is 9.97 Å². The summed E-state index contributed by atoms with van der Waals surface area (Å²) >= 11 is 0. The van der Waals surface area contributed by atoms with Crippen molar-refractivity contribution in [3.63, 3.8) is 0 Å². The van der Waals surface area contributed by atoms with Gasteiger partial charge in [-0.05, 0) is 24.3 Å². The van der Waals surface area contributed by atoms with Crippen molar-refractivity contribution in [1.29, 1.82) is 0 Å². The minimum absolute atomic E-state index is 0. The van der Waals surface area contributed by atoms with Crippen molar-refractivity contribution >= 4 is 33.7 Å². The molecular weight excluding hydrogens is 423 g/mol. The third-order valence-electron chi connectivity index (χ3n) is 3.84. The SMILES string of the molecule is O=C(O)c1ccc2cccc(O)c2n1.O=C(O)c1ccc2cccc(O)c2n1.[Ni]. The van der Waals surface area contributed by atoms with Crippen LogP contribution in [-0.4, -0.2) is 42.3 Å². The Hall–Kier alpha value is -3.71. The molecule has 0 radical (unpaired) electrons. The van der Waals surface area contributed by atoms with E-state index in [0.717, 1.165) is 10.8 Å². The first-order valence-corrected chi connectivity index (χ1v) is 8.01. The van der Waals surface area contributed by atoms with Crippen LogP contribution >= 0.6 is 0 Å². The van der Waals surface area contributed by atoms with Gasteiger partial charge < -0.3 is 20.4 Å². The predicted octanol–water partition coefficient (Wildman–Crippen LogP) is 3.27. The van der Waals surface area contributed by atoms with Gasteiger partial charge in [-0.1, -0.05) is 36.4 Å². The number of rotatable bonds is 2. The van der Waals surface area contributed by atoms with E-state index in [1.807, 2.05) is 0 Å². The average Bonchev–Trinajstić information content (AvgIpc) is 2.68. The number of para-hydroxylation sites is 2. The molecule has 29 heavy (non-hydrogen) atoms. The topological polar surface area (TPSA) is 141 Å². The van der Waals surface area contributed by atoms with Crippen molar-refractivity contribution in [3.05, 3.63) is 72.1 Å². The summed E-state index contributed by atoms with van der Waals surface area (Å²) < 4.78 is 0. The molecule has 0 saturated carbocycles. The van der Waals surface area contributed by atoms with Crippen LogP contribution < -0.4 is 0 Å². The van der Waals surface area contributed by atoms with Gasteiger partial charge in [-0.2, -0.15) is 0 Å². The molecule has 2 heterocycles. The minimum Gasteiger partial charge on any atom is -0.506 e. The Kier molecular flexibility index (Phi) is 6.69. The van der Waals surface area contributed by atoms with E-state index in [1.54, 1.807) is 36.4 Å². The van der Waals surface area contributed by atoms with Crippen molar-refractivity contribution in [2.75, 3.05) is 0 Å². The van der Waals surface area contributed by atoms with Crippen LogP contribution in [0.5, 0.6) is 11.5 Å². The second-order valence-electron chi connectivity index (χ2n) is 5.70. The first kappa shape index (κ1) is 21.6. The van der Waals surface area contributed by atoms with Gasteiger partial charge in [0.15, 0.2) is 0 Å². The van der Waals surface area contributed by atoms with Gasteiger partial charge in [-0.3, -0.25) is 0 Å². The van der Waals surface area contributed by atoms with E-state index in [-0.39, 0.29) is 39.4 Å². The molecule has 2 aromatic heterocycles. The summed E-state index contributed by atoms with van der Waals surface area (Å²) in [6, 6.07) is 15.9. The fraction of sp³-hybridized carbons (Fsp3) is 0. The van der Waals surface area contributed by atoms with E-state index in [4.69, 9.17) is 10.2 Å². The molecule has 4 N–H and O–H groups in total. The maximum Gasteiger partial charge on any atom is 0.354 e. The summed E-state index contributed by atoms with van der Waals surface area (Å²) in [7, 11) is 0. The molecule has 0 bridgehead atoms. The van der Waals surface area contributed by atoms with E-state index in [0.29, 0.717) is 11.0 Å². The van der Waals surface area contributed by atoms with Gasteiger partial charge in [0.25, 0.3) is 0 Å². The molecule has 8 nitrogen and oxygen atoms in total. The molecule has 150 valence electrons. The largest absolute Gasteiger partial charge is 0.506 e. The number of hydrogen-bond acceptors (Lipinski definition) is 6. The van der Waals surface area contributed by atoms with Crippen molar-refractivity contribution in [2.45, 2.75) is 0 Å². The van der Waals surface area contributed by atoms with Crippen LogP contribution in [0.25, 0.3) is 21.8 Å². The number of carboxylic acid groups (broad SMARTS) is 2. The van der Waals surface area contributed by atoms with E-state index in [1.165, 1.54) is 24.3 Å². The standard InChI is InChI=1S/2C10H7NO3.Ni/c2*12-8-3-1-2-6-4-5-7(10(13)14)11-9(6)8;/h2*1-5,12H,(H,13,14);. The number of benzene rings is 2. The van der Waals surface area contributed by atoms with E-state index < -0.39 is 11.9 Å². The molecule has 0 unspecified atom stereocenters. The fourth-order valence-corrected chi connectivity index (χ4v) is 2.50. The van der Waals surface area contributed by atoms with Crippen LogP contribution in [0.15, 0.2) is 60.7 Å². The summed E-state index contributed by atoms with van der Waals surface area (Å²) in [6.07, 6.45) is 0. The number of aromatic hydroxyl groups is 2. The Morgan fingerprint density at radius 3 is 1.34 bits per heavy atom. The third-order valence-corrected chi connectivity index (χ3v) is 3.84. The first-order valence-electron chi connectivity index (χ1n) is 8.01. The summed E-state index contributed by atoms with van der Waals surface area (Å²) in [5.41, 5.74) is 0.484. The smallest absolute Gasteiger partial charge is 0.354 e. The van der Waals surface area contributed by atoms with Crippen LogP contribution in [0.4, 0.5) is 0 Å². The summed E-state index contributed by atoms with van der Waals surface area (Å²) in [6.45, 7) is 0. The van der Waals surface area contributed by atoms with Crippen LogP contribution in [0.2, 0.25) is 0 Å². The number of carboxylic acids is 2. The van der Waals surface area contributed by atoms with E-state index >= 15 is 0 Å². The number of carbonyl (C=O) groups is 2. The molecular formula is C20H14N2NiO6. The zero-order valence-electron chi connectivity index (χ0n) is 14.6. The minimum atomic E-state index is -1.10. The quantitative estimate of drug-likeness (QED) is 0.351. The molecule has 9 heteroatoms. The second kappa shape index (κ2) is 8.99. The van der Waals surface area contributed by atoms with Gasteiger partial charge in [0, 0.05) is 27.3 Å². The molecule has 0 fully saturated rings. The van der Waals surface area contributed by atoms with Gasteiger partial charge in [-0.15, -0.1) is 0 Å². The fourth-order valence-electron chi connectivity index (χ4n) is 2.50. The molecule has 0 atom stereocenters. The molecule has 0 aliphatic rings. The van der Waals surface area contributed by atoms with Crippen LogP contribution in [-0.2, 0) is 16.5 Å². The number of phenols is 2. The number of nitrogens with zero attached hydrogens (tertiary/aromatic N) is 2. The first-order chi connectivity index (χ1) is 13.4. The molecule has 0 aliphatic carbocycles. The van der Waals surface area contributed by atoms with Gasteiger partial charge in [-0.25, -0.2) is 19.6 Å². The predicted molar refractivity (Wildman–Crippen MR) is 101 cm³/mol. The summed E-state index contributed by atoms with van der Waals surface area (Å²) in [5.74, 6) is -2.22. The number of fused-ring (bicyclic) bond motifs is 2. The Balaban J connectivity index is 0.000000200. The van der Waals surface area contributed by atoms with Crippen LogP contribution in [0, 0.1) is 0 Å². The maximum atomic E-state index is 10.6. The molecule has 4 aromatic rings. The van der Waals surface area contributed by atoms with E-state index in [2.05, 4.69) is 9.97 Å². The molecule has 0 amide bonds. The Morgan fingerprint density at radius 1 is 0.621 bits per heavy atom. The normalized spacial score (nSPS) is 9.93.